The summed E-state index contributed by atoms with van der Waals surface area (Å²) in [6.45, 7) is 4.09. The molecule has 1 aliphatic heterocycles. The van der Waals surface area contributed by atoms with Gasteiger partial charge in [0.25, 0.3) is 5.91 Å². The lowest BCUT2D eigenvalue weighted by Gasteiger charge is -2.37. The fourth-order valence-electron chi connectivity index (χ4n) is 4.74. The van der Waals surface area contributed by atoms with Crippen LogP contribution < -0.4 is 4.90 Å². The molecule has 0 radical (unpaired) electrons. The van der Waals surface area contributed by atoms with Crippen LogP contribution in [0.5, 0.6) is 0 Å². The lowest BCUT2D eigenvalue weighted by Crippen LogP contribution is -2.52. The molecule has 39 heavy (non-hydrogen) atoms. The fourth-order valence-corrected chi connectivity index (χ4v) is 4.74. The van der Waals surface area contributed by atoms with Crippen molar-refractivity contribution in [2.24, 2.45) is 0 Å². The summed E-state index contributed by atoms with van der Waals surface area (Å²) in [7, 11) is 0. The SMILES string of the molecule is CC(c1ccccc1)N(CC(=O)N1CCN(c2ccc(-c3ccccc3)nn2)CC1)C(=O)c1ccc(F)cc1. The average molecular weight is 524 g/mol. The first-order valence-electron chi connectivity index (χ1n) is 13.0. The van der Waals surface area contributed by atoms with E-state index < -0.39 is 5.82 Å². The zero-order chi connectivity index (χ0) is 27.2. The lowest BCUT2D eigenvalue weighted by atomic mass is 10.1. The van der Waals surface area contributed by atoms with Crippen molar-refractivity contribution in [3.63, 3.8) is 0 Å². The molecular weight excluding hydrogens is 493 g/mol. The van der Waals surface area contributed by atoms with Crippen molar-refractivity contribution in [1.29, 1.82) is 0 Å². The molecule has 1 unspecified atom stereocenters. The molecule has 0 saturated carbocycles. The van der Waals surface area contributed by atoms with Gasteiger partial charge < -0.3 is 14.7 Å². The molecule has 7 nitrogen and oxygen atoms in total. The molecule has 2 heterocycles. The number of piperazine rings is 1. The molecule has 0 spiro atoms. The maximum atomic E-state index is 13.5. The van der Waals surface area contributed by atoms with Gasteiger partial charge in [0.2, 0.25) is 5.91 Å². The number of benzene rings is 3. The van der Waals surface area contributed by atoms with E-state index in [2.05, 4.69) is 15.1 Å². The summed E-state index contributed by atoms with van der Waals surface area (Å²) in [4.78, 5) is 32.3. The van der Waals surface area contributed by atoms with Crippen LogP contribution in [0.25, 0.3) is 11.3 Å². The van der Waals surface area contributed by atoms with E-state index in [1.807, 2.05) is 79.7 Å². The van der Waals surface area contributed by atoms with Gasteiger partial charge in [-0.1, -0.05) is 60.7 Å². The van der Waals surface area contributed by atoms with Crippen LogP contribution in [-0.2, 0) is 4.79 Å². The van der Waals surface area contributed by atoms with E-state index in [1.54, 1.807) is 9.80 Å². The topological polar surface area (TPSA) is 69.6 Å². The van der Waals surface area contributed by atoms with Crippen LogP contribution in [0.2, 0.25) is 0 Å². The maximum absolute atomic E-state index is 13.5. The van der Waals surface area contributed by atoms with Crippen LogP contribution >= 0.6 is 0 Å². The minimum atomic E-state index is -0.414. The number of amides is 2. The Kier molecular flexibility index (Phi) is 7.91. The van der Waals surface area contributed by atoms with Crippen LogP contribution in [0.3, 0.4) is 0 Å². The van der Waals surface area contributed by atoms with E-state index in [1.165, 1.54) is 24.3 Å². The van der Waals surface area contributed by atoms with E-state index in [0.29, 0.717) is 31.7 Å². The average Bonchev–Trinajstić information content (AvgIpc) is 3.00. The largest absolute Gasteiger partial charge is 0.352 e. The molecule has 1 fully saturated rings. The molecule has 2 amide bonds. The molecule has 0 aliphatic carbocycles. The van der Waals surface area contributed by atoms with E-state index in [4.69, 9.17) is 0 Å². The van der Waals surface area contributed by atoms with Crippen LogP contribution in [-0.4, -0.2) is 64.5 Å². The molecule has 0 bridgehead atoms. The molecule has 1 aliphatic rings. The summed E-state index contributed by atoms with van der Waals surface area (Å²) in [5.41, 5.74) is 3.08. The van der Waals surface area contributed by atoms with E-state index in [-0.39, 0.29) is 24.4 Å². The van der Waals surface area contributed by atoms with Gasteiger partial charge in [0.05, 0.1) is 11.7 Å². The Bertz CT molecular complexity index is 1390. The van der Waals surface area contributed by atoms with Crippen molar-refractivity contribution in [2.75, 3.05) is 37.6 Å². The molecule has 8 heteroatoms. The van der Waals surface area contributed by atoms with Gasteiger partial charge in [0, 0.05) is 37.3 Å². The number of hydrogen-bond donors (Lipinski definition) is 0. The van der Waals surface area contributed by atoms with Crippen molar-refractivity contribution < 1.29 is 14.0 Å². The van der Waals surface area contributed by atoms with Crippen molar-refractivity contribution in [3.8, 4) is 11.3 Å². The monoisotopic (exact) mass is 523 g/mol. The van der Waals surface area contributed by atoms with Crippen molar-refractivity contribution >= 4 is 17.6 Å². The quantitative estimate of drug-likeness (QED) is 0.347. The maximum Gasteiger partial charge on any atom is 0.254 e. The Morgan fingerprint density at radius 2 is 1.46 bits per heavy atom. The van der Waals surface area contributed by atoms with Gasteiger partial charge >= 0.3 is 0 Å². The Balaban J connectivity index is 1.25. The van der Waals surface area contributed by atoms with Gasteiger partial charge in [-0.3, -0.25) is 9.59 Å². The van der Waals surface area contributed by atoms with Crippen LogP contribution in [0.4, 0.5) is 10.2 Å². The highest BCUT2D eigenvalue weighted by Gasteiger charge is 2.29. The highest BCUT2D eigenvalue weighted by atomic mass is 19.1. The van der Waals surface area contributed by atoms with Crippen LogP contribution in [0.1, 0.15) is 28.9 Å². The number of carbonyl (C=O) groups excluding carboxylic acids is 2. The summed E-state index contributed by atoms with van der Waals surface area (Å²) in [5, 5.41) is 8.79. The summed E-state index contributed by atoms with van der Waals surface area (Å²) >= 11 is 0. The van der Waals surface area contributed by atoms with Crippen molar-refractivity contribution in [2.45, 2.75) is 13.0 Å². The number of carbonyl (C=O) groups is 2. The molecule has 4 aromatic rings. The molecule has 3 aromatic carbocycles. The third-order valence-electron chi connectivity index (χ3n) is 7.08. The standard InChI is InChI=1S/C31H30FN5O2/c1-23(24-8-4-2-5-9-24)37(31(39)26-12-14-27(32)15-13-26)22-30(38)36-20-18-35(19-21-36)29-17-16-28(33-34-29)25-10-6-3-7-11-25/h2-17,23H,18-22H2,1H3. The number of aromatic nitrogens is 2. The predicted octanol–water partition coefficient (Wildman–Crippen LogP) is 4.83. The van der Waals surface area contributed by atoms with Gasteiger partial charge in [-0.2, -0.15) is 0 Å². The molecule has 1 atom stereocenters. The van der Waals surface area contributed by atoms with Gasteiger partial charge in [-0.15, -0.1) is 10.2 Å². The Morgan fingerprint density at radius 1 is 0.821 bits per heavy atom. The molecule has 1 saturated heterocycles. The van der Waals surface area contributed by atoms with Gasteiger partial charge in [-0.25, -0.2) is 4.39 Å². The van der Waals surface area contributed by atoms with Gasteiger partial charge in [0.15, 0.2) is 5.82 Å². The van der Waals surface area contributed by atoms with E-state index in [9.17, 15) is 14.0 Å². The number of anilines is 1. The van der Waals surface area contributed by atoms with Crippen molar-refractivity contribution in [1.82, 2.24) is 20.0 Å². The third-order valence-corrected chi connectivity index (χ3v) is 7.08. The normalized spacial score (nSPS) is 14.1. The second-order valence-corrected chi connectivity index (χ2v) is 9.54. The molecule has 198 valence electrons. The van der Waals surface area contributed by atoms with Crippen LogP contribution in [0.15, 0.2) is 97.1 Å². The number of halogens is 1. The second kappa shape index (κ2) is 11.9. The highest BCUT2D eigenvalue weighted by Crippen LogP contribution is 2.24. The molecule has 5 rings (SSSR count). The first kappa shape index (κ1) is 26.0. The first-order chi connectivity index (χ1) is 19.0. The highest BCUT2D eigenvalue weighted by molar-refractivity contribution is 5.96. The number of hydrogen-bond acceptors (Lipinski definition) is 5. The van der Waals surface area contributed by atoms with Gasteiger partial charge in [-0.05, 0) is 48.9 Å². The predicted molar refractivity (Wildman–Crippen MR) is 149 cm³/mol. The molecular formula is C31H30FN5O2. The first-order valence-corrected chi connectivity index (χ1v) is 13.0. The summed E-state index contributed by atoms with van der Waals surface area (Å²) in [6, 6.07) is 28.5. The zero-order valence-corrected chi connectivity index (χ0v) is 21.8. The Morgan fingerprint density at radius 3 is 2.08 bits per heavy atom. The Hall–Kier alpha value is -4.59. The van der Waals surface area contributed by atoms with Gasteiger partial charge in [0.1, 0.15) is 12.4 Å². The number of nitrogens with zero attached hydrogens (tertiary/aromatic N) is 5. The smallest absolute Gasteiger partial charge is 0.254 e. The number of rotatable bonds is 7. The van der Waals surface area contributed by atoms with Crippen LogP contribution in [0, 0.1) is 5.82 Å². The van der Waals surface area contributed by atoms with Crippen molar-refractivity contribution in [3.05, 3.63) is 114 Å². The van der Waals surface area contributed by atoms with E-state index in [0.717, 1.165) is 22.6 Å². The second-order valence-electron chi connectivity index (χ2n) is 9.54. The van der Waals surface area contributed by atoms with E-state index >= 15 is 0 Å². The minimum Gasteiger partial charge on any atom is -0.352 e. The summed E-state index contributed by atoms with van der Waals surface area (Å²) in [6.07, 6.45) is 0. The lowest BCUT2D eigenvalue weighted by molar-refractivity contribution is -0.132. The zero-order valence-electron chi connectivity index (χ0n) is 21.8. The summed E-state index contributed by atoms with van der Waals surface area (Å²) < 4.78 is 13.5. The molecule has 0 N–H and O–H groups in total. The molecule has 1 aromatic heterocycles. The Labute approximate surface area is 227 Å². The minimum absolute atomic E-state index is 0.0716. The fraction of sp³-hybridized carbons (Fsp3) is 0.226. The summed E-state index contributed by atoms with van der Waals surface area (Å²) in [5.74, 6) is -0.0827. The third kappa shape index (κ3) is 6.12.